The number of carbonyl (C=O) groups excluding carboxylic acids is 1. The number of likely N-dealkylation sites (tertiary alicyclic amines) is 1. The number of carbonyl (C=O) groups is 1. The Labute approximate surface area is 168 Å². The highest BCUT2D eigenvalue weighted by molar-refractivity contribution is 5.83. The van der Waals surface area contributed by atoms with Gasteiger partial charge in [-0.1, -0.05) is 62.2 Å². The summed E-state index contributed by atoms with van der Waals surface area (Å²) in [6, 6.07) is 14.7. The van der Waals surface area contributed by atoms with Crippen molar-refractivity contribution in [3.63, 3.8) is 0 Å². The van der Waals surface area contributed by atoms with Crippen molar-refractivity contribution >= 4 is 16.7 Å². The number of fused-ring (bicyclic) bond motifs is 1. The number of hydrogen-bond acceptors (Lipinski definition) is 3. The Bertz CT molecular complexity index is 753. The van der Waals surface area contributed by atoms with Gasteiger partial charge in [-0.05, 0) is 55.1 Å². The van der Waals surface area contributed by atoms with Gasteiger partial charge in [-0.2, -0.15) is 0 Å². The Kier molecular flexibility index (Phi) is 7.87. The lowest BCUT2D eigenvalue weighted by Gasteiger charge is -2.32. The molecule has 0 spiro atoms. The molecule has 2 N–H and O–H groups in total. The molecule has 0 saturated carbocycles. The van der Waals surface area contributed by atoms with Gasteiger partial charge in [-0.15, -0.1) is 0 Å². The largest absolute Gasteiger partial charge is 0.391 e. The highest BCUT2D eigenvalue weighted by Crippen LogP contribution is 2.20. The van der Waals surface area contributed by atoms with Crippen LogP contribution >= 0.6 is 0 Å². The minimum absolute atomic E-state index is 0.135. The zero-order chi connectivity index (χ0) is 19.8. The van der Waals surface area contributed by atoms with Crippen LogP contribution in [0.4, 0.5) is 0 Å². The average molecular weight is 383 g/mol. The summed E-state index contributed by atoms with van der Waals surface area (Å²) < 4.78 is 0. The third-order valence-corrected chi connectivity index (χ3v) is 5.79. The third kappa shape index (κ3) is 6.05. The lowest BCUT2D eigenvalue weighted by molar-refractivity contribution is -0.126. The van der Waals surface area contributed by atoms with E-state index in [1.807, 2.05) is 12.1 Å². The molecule has 28 heavy (non-hydrogen) atoms. The predicted octanol–water partition coefficient (Wildman–Crippen LogP) is 3.76. The third-order valence-electron chi connectivity index (χ3n) is 5.79. The maximum atomic E-state index is 12.3. The topological polar surface area (TPSA) is 52.6 Å². The van der Waals surface area contributed by atoms with E-state index in [0.717, 1.165) is 38.9 Å². The van der Waals surface area contributed by atoms with E-state index >= 15 is 0 Å². The number of rotatable bonds is 9. The molecule has 1 fully saturated rings. The Morgan fingerprint density at radius 2 is 1.89 bits per heavy atom. The molecule has 0 aliphatic carbocycles. The van der Waals surface area contributed by atoms with E-state index in [-0.39, 0.29) is 17.9 Å². The van der Waals surface area contributed by atoms with Crippen LogP contribution in [0.3, 0.4) is 0 Å². The van der Waals surface area contributed by atoms with E-state index in [1.54, 1.807) is 0 Å². The van der Waals surface area contributed by atoms with Crippen LogP contribution in [0.1, 0.15) is 44.6 Å². The van der Waals surface area contributed by atoms with Crippen molar-refractivity contribution in [2.75, 3.05) is 26.2 Å². The SMILES string of the molecule is CCCCCNC(=O)C1CCN(C[C@@H](O)Cc2ccc3ccccc3c2)CC1. The standard InChI is InChI=1S/C24H34N2O2/c1-2-3-6-13-25-24(28)21-11-14-26(15-12-21)18-23(27)17-19-9-10-20-7-4-5-8-22(20)16-19/h4-5,7-10,16,21,23,27H,2-3,6,11-15,17-18H2,1H3,(H,25,28)/t23-/m0/s1. The summed E-state index contributed by atoms with van der Waals surface area (Å²) in [5.74, 6) is 0.350. The van der Waals surface area contributed by atoms with Crippen LogP contribution in [0.25, 0.3) is 10.8 Å². The summed E-state index contributed by atoms with van der Waals surface area (Å²) in [7, 11) is 0. The van der Waals surface area contributed by atoms with Gasteiger partial charge >= 0.3 is 0 Å². The van der Waals surface area contributed by atoms with Crippen molar-refractivity contribution in [1.29, 1.82) is 0 Å². The van der Waals surface area contributed by atoms with Crippen LogP contribution in [0.2, 0.25) is 0 Å². The molecular weight excluding hydrogens is 348 g/mol. The second kappa shape index (κ2) is 10.6. The molecule has 1 aliphatic rings. The van der Waals surface area contributed by atoms with Gasteiger partial charge in [0.1, 0.15) is 0 Å². The van der Waals surface area contributed by atoms with Crippen molar-refractivity contribution in [3.05, 3.63) is 48.0 Å². The molecule has 1 aliphatic heterocycles. The molecule has 1 amide bonds. The Morgan fingerprint density at radius 1 is 1.14 bits per heavy atom. The van der Waals surface area contributed by atoms with Gasteiger partial charge in [-0.25, -0.2) is 0 Å². The van der Waals surface area contributed by atoms with E-state index < -0.39 is 0 Å². The number of nitrogens with zero attached hydrogens (tertiary/aromatic N) is 1. The summed E-state index contributed by atoms with van der Waals surface area (Å²) in [4.78, 5) is 14.6. The molecule has 1 heterocycles. The van der Waals surface area contributed by atoms with Crippen molar-refractivity contribution in [1.82, 2.24) is 10.2 Å². The van der Waals surface area contributed by atoms with Gasteiger partial charge < -0.3 is 15.3 Å². The number of amides is 1. The van der Waals surface area contributed by atoms with E-state index in [4.69, 9.17) is 0 Å². The van der Waals surface area contributed by atoms with Crippen molar-refractivity contribution in [2.24, 2.45) is 5.92 Å². The highest BCUT2D eigenvalue weighted by Gasteiger charge is 2.25. The van der Waals surface area contributed by atoms with Gasteiger partial charge in [0, 0.05) is 19.0 Å². The normalized spacial score (nSPS) is 16.9. The number of piperidine rings is 1. The molecule has 1 saturated heterocycles. The van der Waals surface area contributed by atoms with Gasteiger partial charge in [-0.3, -0.25) is 4.79 Å². The Balaban J connectivity index is 1.40. The summed E-state index contributed by atoms with van der Waals surface area (Å²) in [5.41, 5.74) is 1.17. The zero-order valence-electron chi connectivity index (χ0n) is 17.1. The minimum Gasteiger partial charge on any atom is -0.391 e. The van der Waals surface area contributed by atoms with E-state index in [0.29, 0.717) is 13.0 Å². The van der Waals surface area contributed by atoms with Crippen molar-refractivity contribution < 1.29 is 9.90 Å². The van der Waals surface area contributed by atoms with Crippen molar-refractivity contribution in [2.45, 2.75) is 51.6 Å². The molecule has 4 heteroatoms. The monoisotopic (exact) mass is 382 g/mol. The molecule has 0 radical (unpaired) electrons. The lowest BCUT2D eigenvalue weighted by Crippen LogP contribution is -2.43. The van der Waals surface area contributed by atoms with Gasteiger partial charge in [0.25, 0.3) is 0 Å². The number of β-amino-alcohol motifs (C(OH)–C–C–N with tert-alkyl or cyclic N) is 1. The number of benzene rings is 2. The second-order valence-electron chi connectivity index (χ2n) is 8.11. The predicted molar refractivity (Wildman–Crippen MR) is 115 cm³/mol. The maximum absolute atomic E-state index is 12.3. The molecule has 4 nitrogen and oxygen atoms in total. The van der Waals surface area contributed by atoms with Crippen LogP contribution in [0, 0.1) is 5.92 Å². The molecule has 2 aromatic carbocycles. The second-order valence-corrected chi connectivity index (χ2v) is 8.11. The van der Waals surface area contributed by atoms with Crippen LogP contribution in [0.5, 0.6) is 0 Å². The first-order valence-electron chi connectivity index (χ1n) is 10.8. The summed E-state index contributed by atoms with van der Waals surface area (Å²) >= 11 is 0. The molecule has 0 bridgehead atoms. The summed E-state index contributed by atoms with van der Waals surface area (Å²) in [5, 5.41) is 16.1. The average Bonchev–Trinajstić information content (AvgIpc) is 2.71. The van der Waals surface area contributed by atoms with Crippen molar-refractivity contribution in [3.8, 4) is 0 Å². The zero-order valence-corrected chi connectivity index (χ0v) is 17.1. The fraction of sp³-hybridized carbons (Fsp3) is 0.542. The first kappa shape index (κ1) is 20.8. The Morgan fingerprint density at radius 3 is 2.64 bits per heavy atom. The maximum Gasteiger partial charge on any atom is 0.223 e. The first-order valence-corrected chi connectivity index (χ1v) is 10.8. The van der Waals surface area contributed by atoms with E-state index in [1.165, 1.54) is 29.2 Å². The van der Waals surface area contributed by atoms with Crippen LogP contribution in [0.15, 0.2) is 42.5 Å². The molecule has 3 rings (SSSR count). The fourth-order valence-electron chi connectivity index (χ4n) is 4.11. The lowest BCUT2D eigenvalue weighted by atomic mass is 9.95. The van der Waals surface area contributed by atoms with Crippen LogP contribution < -0.4 is 5.32 Å². The van der Waals surface area contributed by atoms with Gasteiger partial charge in [0.05, 0.1) is 6.10 Å². The number of aliphatic hydroxyl groups excluding tert-OH is 1. The number of aliphatic hydroxyl groups is 1. The van der Waals surface area contributed by atoms with Crippen LogP contribution in [-0.2, 0) is 11.2 Å². The molecule has 2 aromatic rings. The minimum atomic E-state index is -0.374. The van der Waals surface area contributed by atoms with Gasteiger partial charge in [0.15, 0.2) is 0 Å². The molecule has 0 aromatic heterocycles. The molecule has 152 valence electrons. The number of hydrogen-bond donors (Lipinski definition) is 2. The Hall–Kier alpha value is -1.91. The number of nitrogens with one attached hydrogen (secondary N) is 1. The molecule has 1 atom stereocenters. The van der Waals surface area contributed by atoms with Crippen LogP contribution in [-0.4, -0.2) is 48.2 Å². The number of unbranched alkanes of at least 4 members (excludes halogenated alkanes) is 2. The van der Waals surface area contributed by atoms with E-state index in [2.05, 4.69) is 47.5 Å². The quantitative estimate of drug-likeness (QED) is 0.649. The summed E-state index contributed by atoms with van der Waals surface area (Å²) in [6.07, 6.45) is 5.50. The molecular formula is C24H34N2O2. The fourth-order valence-corrected chi connectivity index (χ4v) is 4.11. The highest BCUT2D eigenvalue weighted by atomic mass is 16.3. The summed E-state index contributed by atoms with van der Waals surface area (Å²) in [6.45, 7) is 5.44. The van der Waals surface area contributed by atoms with Gasteiger partial charge in [0.2, 0.25) is 5.91 Å². The molecule has 0 unspecified atom stereocenters. The smallest absolute Gasteiger partial charge is 0.223 e. The first-order chi connectivity index (χ1) is 13.7. The van der Waals surface area contributed by atoms with E-state index in [9.17, 15) is 9.90 Å².